The zero-order valence-corrected chi connectivity index (χ0v) is 5.84. The van der Waals surface area contributed by atoms with Crippen molar-refractivity contribution >= 4 is 29.3 Å². The lowest BCUT2D eigenvalue weighted by atomic mass is 10.3. The molecule has 0 atom stereocenters. The zero-order chi connectivity index (χ0) is 6.97. The average molecular weight is 152 g/mol. The van der Waals surface area contributed by atoms with Crippen molar-refractivity contribution in [2.75, 3.05) is 0 Å². The molecule has 0 saturated heterocycles. The molecule has 2 nitrogen and oxygen atoms in total. The van der Waals surface area contributed by atoms with Crippen molar-refractivity contribution in [3.8, 4) is 0 Å². The summed E-state index contributed by atoms with van der Waals surface area (Å²) in [5.41, 5.74) is 1.64. The molecule has 2 rings (SSSR count). The van der Waals surface area contributed by atoms with Crippen LogP contribution in [0.25, 0.3) is 0 Å². The largest absolute Gasteiger partial charge is 0.235 e. The van der Waals surface area contributed by atoms with Crippen LogP contribution < -0.4 is 5.32 Å². The maximum Gasteiger partial charge on any atom is 0.116 e. The number of halogens is 1. The van der Waals surface area contributed by atoms with Crippen LogP contribution in [-0.2, 0) is 0 Å². The van der Waals surface area contributed by atoms with Crippen molar-refractivity contribution < 1.29 is 0 Å². The van der Waals surface area contributed by atoms with Gasteiger partial charge in [-0.3, -0.25) is 0 Å². The Kier molecular flexibility index (Phi) is 1.14. The molecule has 1 aromatic rings. The molecule has 0 aliphatic carbocycles. The van der Waals surface area contributed by atoms with Crippen LogP contribution in [0.2, 0.25) is 5.02 Å². The summed E-state index contributed by atoms with van der Waals surface area (Å²) in [5.74, 6) is 0. The molecule has 0 saturated carbocycles. The highest BCUT2D eigenvalue weighted by Crippen LogP contribution is 2.35. The first-order valence-corrected chi connectivity index (χ1v) is 3.27. The van der Waals surface area contributed by atoms with Gasteiger partial charge in [-0.05, 0) is 12.1 Å². The number of nitrogens with zero attached hydrogens (tertiary/aromatic N) is 2. The van der Waals surface area contributed by atoms with E-state index in [-0.39, 0.29) is 0 Å². The fraction of sp³-hybridized carbons (Fsp3) is 0. The summed E-state index contributed by atoms with van der Waals surface area (Å²) in [5, 5.41) is 4.65. The van der Waals surface area contributed by atoms with Gasteiger partial charge in [-0.15, -0.1) is 0 Å². The summed E-state index contributed by atoms with van der Waals surface area (Å²) in [6.07, 6.45) is 1.51. The number of hydrogen-bond donors (Lipinski definition) is 0. The Morgan fingerprint density at radius 1 is 1.30 bits per heavy atom. The third-order valence-corrected chi connectivity index (χ3v) is 1.65. The van der Waals surface area contributed by atoms with E-state index >= 15 is 0 Å². The standard InChI is InChI=1S/C7H4ClN2/c8-5-2-1-3-6-7(5)10-4-9-6/h1-4H. The van der Waals surface area contributed by atoms with Gasteiger partial charge in [0.2, 0.25) is 0 Å². The Hall–Kier alpha value is -1.02. The lowest BCUT2D eigenvalue weighted by Gasteiger charge is -1.95. The Morgan fingerprint density at radius 2 is 2.20 bits per heavy atom. The van der Waals surface area contributed by atoms with E-state index in [4.69, 9.17) is 11.6 Å². The number of aliphatic imine (C=N–C) groups is 1. The van der Waals surface area contributed by atoms with Crippen molar-refractivity contribution in [3.63, 3.8) is 0 Å². The monoisotopic (exact) mass is 151 g/mol. The predicted molar refractivity (Wildman–Crippen MR) is 41.4 cm³/mol. The first-order chi connectivity index (χ1) is 4.88. The lowest BCUT2D eigenvalue weighted by molar-refractivity contribution is 1.35. The van der Waals surface area contributed by atoms with Crippen LogP contribution in [0.4, 0.5) is 11.4 Å². The zero-order valence-electron chi connectivity index (χ0n) is 5.08. The van der Waals surface area contributed by atoms with E-state index in [0.29, 0.717) is 5.02 Å². The van der Waals surface area contributed by atoms with Crippen LogP contribution in [0.5, 0.6) is 0 Å². The van der Waals surface area contributed by atoms with Crippen molar-refractivity contribution in [2.45, 2.75) is 0 Å². The van der Waals surface area contributed by atoms with Crippen molar-refractivity contribution in [3.05, 3.63) is 23.2 Å². The topological polar surface area (TPSA) is 26.5 Å². The number of hydrogen-bond acceptors (Lipinski definition) is 1. The van der Waals surface area contributed by atoms with Gasteiger partial charge in [0.1, 0.15) is 12.0 Å². The van der Waals surface area contributed by atoms with Crippen molar-refractivity contribution in [2.24, 2.45) is 4.99 Å². The van der Waals surface area contributed by atoms with E-state index in [9.17, 15) is 0 Å². The Balaban J connectivity index is 2.67. The van der Waals surface area contributed by atoms with Gasteiger partial charge < -0.3 is 0 Å². The Bertz CT molecular complexity index is 294. The highest BCUT2D eigenvalue weighted by molar-refractivity contribution is 6.33. The lowest BCUT2D eigenvalue weighted by Crippen LogP contribution is -1.83. The van der Waals surface area contributed by atoms with Gasteiger partial charge in [-0.1, -0.05) is 17.7 Å². The van der Waals surface area contributed by atoms with E-state index in [0.717, 1.165) is 11.4 Å². The fourth-order valence-electron chi connectivity index (χ4n) is 0.885. The molecular weight excluding hydrogens is 148 g/mol. The molecule has 1 radical (unpaired) electrons. The summed E-state index contributed by atoms with van der Waals surface area (Å²) in [6.45, 7) is 0. The van der Waals surface area contributed by atoms with Crippen LogP contribution in [0.3, 0.4) is 0 Å². The summed E-state index contributed by atoms with van der Waals surface area (Å²) < 4.78 is 0. The molecule has 0 amide bonds. The molecule has 49 valence electrons. The van der Waals surface area contributed by atoms with Crippen molar-refractivity contribution in [1.29, 1.82) is 0 Å². The minimum Gasteiger partial charge on any atom is -0.235 e. The molecule has 0 bridgehead atoms. The van der Waals surface area contributed by atoms with Gasteiger partial charge in [-0.25, -0.2) is 10.3 Å². The first kappa shape index (κ1) is 5.74. The molecule has 10 heavy (non-hydrogen) atoms. The summed E-state index contributed by atoms with van der Waals surface area (Å²) in [4.78, 5) is 3.98. The normalized spacial score (nSPS) is 12.9. The highest BCUT2D eigenvalue weighted by atomic mass is 35.5. The minimum atomic E-state index is 0.662. The average Bonchev–Trinajstić information content (AvgIpc) is 2.36. The summed E-state index contributed by atoms with van der Waals surface area (Å²) in [7, 11) is 0. The third kappa shape index (κ3) is 0.693. The predicted octanol–water partition coefficient (Wildman–Crippen LogP) is 2.25. The van der Waals surface area contributed by atoms with Crippen LogP contribution >= 0.6 is 11.6 Å². The highest BCUT2D eigenvalue weighted by Gasteiger charge is 2.09. The number of rotatable bonds is 0. The van der Waals surface area contributed by atoms with Gasteiger partial charge in [0, 0.05) is 0 Å². The SMILES string of the molecule is Clc1cccc2c1N=C[N]2. The molecule has 1 aromatic carbocycles. The first-order valence-electron chi connectivity index (χ1n) is 2.90. The summed E-state index contributed by atoms with van der Waals surface area (Å²) in [6, 6.07) is 5.55. The minimum absolute atomic E-state index is 0.662. The van der Waals surface area contributed by atoms with Gasteiger partial charge in [0.05, 0.1) is 10.7 Å². The number of para-hydroxylation sites is 1. The number of fused-ring (bicyclic) bond motifs is 1. The smallest absolute Gasteiger partial charge is 0.116 e. The fourth-order valence-corrected chi connectivity index (χ4v) is 1.10. The van der Waals surface area contributed by atoms with Crippen LogP contribution in [-0.4, -0.2) is 6.34 Å². The van der Waals surface area contributed by atoms with Crippen LogP contribution in [0, 0.1) is 0 Å². The van der Waals surface area contributed by atoms with E-state index in [2.05, 4.69) is 10.3 Å². The molecule has 0 unspecified atom stereocenters. The maximum absolute atomic E-state index is 5.80. The van der Waals surface area contributed by atoms with Gasteiger partial charge in [0.15, 0.2) is 0 Å². The molecule has 0 N–H and O–H groups in total. The second-order valence-electron chi connectivity index (χ2n) is 1.98. The van der Waals surface area contributed by atoms with Gasteiger partial charge in [-0.2, -0.15) is 0 Å². The Labute approximate surface area is 63.5 Å². The van der Waals surface area contributed by atoms with E-state index in [1.54, 1.807) is 6.07 Å². The summed E-state index contributed by atoms with van der Waals surface area (Å²) >= 11 is 5.80. The maximum atomic E-state index is 5.80. The third-order valence-electron chi connectivity index (χ3n) is 1.35. The molecule has 0 aromatic heterocycles. The molecule has 0 fully saturated rings. The van der Waals surface area contributed by atoms with Crippen molar-refractivity contribution in [1.82, 2.24) is 5.32 Å². The van der Waals surface area contributed by atoms with Crippen LogP contribution in [0.1, 0.15) is 0 Å². The number of benzene rings is 1. The molecule has 3 heteroatoms. The van der Waals surface area contributed by atoms with Gasteiger partial charge in [0.25, 0.3) is 0 Å². The van der Waals surface area contributed by atoms with E-state index < -0.39 is 0 Å². The molecule has 1 aliphatic rings. The van der Waals surface area contributed by atoms with E-state index in [1.807, 2.05) is 12.1 Å². The molecule has 1 aliphatic heterocycles. The second-order valence-corrected chi connectivity index (χ2v) is 2.39. The Morgan fingerprint density at radius 3 is 3.00 bits per heavy atom. The van der Waals surface area contributed by atoms with Gasteiger partial charge >= 0.3 is 0 Å². The van der Waals surface area contributed by atoms with E-state index in [1.165, 1.54) is 6.34 Å². The quantitative estimate of drug-likeness (QED) is 0.544. The van der Waals surface area contributed by atoms with Crippen LogP contribution in [0.15, 0.2) is 23.2 Å². The molecule has 0 spiro atoms. The molecule has 1 heterocycles. The molecular formula is C7H4ClN2. The second kappa shape index (κ2) is 1.99.